The number of nitrogens with two attached hydrogens (primary N) is 1. The van der Waals surface area contributed by atoms with Gasteiger partial charge in [-0.3, -0.25) is 14.2 Å². The number of anilines is 1. The molecular weight excluding hydrogens is 460 g/mol. The second-order valence-corrected chi connectivity index (χ2v) is 8.88. The molecule has 0 saturated heterocycles. The van der Waals surface area contributed by atoms with Crippen molar-refractivity contribution in [3.8, 4) is 5.69 Å². The summed E-state index contributed by atoms with van der Waals surface area (Å²) in [5.41, 5.74) is 7.40. The predicted octanol–water partition coefficient (Wildman–Crippen LogP) is 2.50. The average molecular weight is 485 g/mol. The van der Waals surface area contributed by atoms with Gasteiger partial charge in [0.2, 0.25) is 5.91 Å². The Labute approximate surface area is 199 Å². The lowest BCUT2D eigenvalue weighted by Crippen LogP contribution is -2.44. The number of carbonyl (C=O) groups excluding carboxylic acids is 2. The summed E-state index contributed by atoms with van der Waals surface area (Å²) in [5.74, 6) is 0.330. The number of hydrogen-bond acceptors (Lipinski definition) is 8. The third kappa shape index (κ3) is 7.13. The highest BCUT2D eigenvalue weighted by atomic mass is 32.2. The molecule has 3 aromatic rings. The quantitative estimate of drug-likeness (QED) is 0.256. The number of nitrogens with one attached hydrogen (secondary N) is 1. The molecule has 1 atom stereocenters. The summed E-state index contributed by atoms with van der Waals surface area (Å²) in [4.78, 5) is 40.7. The predicted molar refractivity (Wildman–Crippen MR) is 132 cm³/mol. The van der Waals surface area contributed by atoms with E-state index in [1.807, 2.05) is 60.7 Å². The van der Waals surface area contributed by atoms with Crippen LogP contribution in [0, 0.1) is 0 Å². The first-order chi connectivity index (χ1) is 16.0. The Kier molecular flexibility index (Phi) is 8.96. The van der Waals surface area contributed by atoms with Crippen molar-refractivity contribution in [2.75, 3.05) is 24.3 Å². The van der Waals surface area contributed by atoms with Crippen molar-refractivity contribution in [3.63, 3.8) is 0 Å². The first-order valence-electron chi connectivity index (χ1n) is 10.0. The molecule has 0 fully saturated rings. The Morgan fingerprint density at radius 2 is 1.79 bits per heavy atom. The Morgan fingerprint density at radius 1 is 1.12 bits per heavy atom. The normalized spacial score (nSPS) is 11.5. The zero-order valence-corrected chi connectivity index (χ0v) is 19.6. The summed E-state index contributed by atoms with van der Waals surface area (Å²) in [6.45, 7) is 0. The largest absolute Gasteiger partial charge is 0.467 e. The van der Waals surface area contributed by atoms with Crippen LogP contribution in [0.15, 0.2) is 76.7 Å². The van der Waals surface area contributed by atoms with Crippen LogP contribution in [0.3, 0.4) is 0 Å². The van der Waals surface area contributed by atoms with E-state index < -0.39 is 17.6 Å². The summed E-state index contributed by atoms with van der Waals surface area (Å²) >= 11 is 2.58. The zero-order chi connectivity index (χ0) is 23.6. The Bertz CT molecular complexity index is 1140. The number of aromatic nitrogens is 2. The Balaban J connectivity index is 1.64. The minimum atomic E-state index is -0.790. The van der Waals surface area contributed by atoms with Crippen molar-refractivity contribution in [2.24, 2.45) is 0 Å². The van der Waals surface area contributed by atoms with E-state index in [4.69, 9.17) is 10.5 Å². The van der Waals surface area contributed by atoms with Crippen molar-refractivity contribution >= 4 is 41.2 Å². The smallest absolute Gasteiger partial charge is 0.329 e. The molecule has 3 rings (SSSR count). The fraction of sp³-hybridized carbons (Fsp3) is 0.217. The number of hydrogen-bond donors (Lipinski definition) is 2. The number of para-hydroxylation sites is 1. The van der Waals surface area contributed by atoms with Crippen molar-refractivity contribution in [1.29, 1.82) is 0 Å². The third-order valence-corrected chi connectivity index (χ3v) is 6.54. The van der Waals surface area contributed by atoms with Gasteiger partial charge in [0.1, 0.15) is 11.9 Å². The van der Waals surface area contributed by atoms with Gasteiger partial charge in [-0.25, -0.2) is 4.79 Å². The molecule has 0 aliphatic rings. The van der Waals surface area contributed by atoms with E-state index in [0.717, 1.165) is 23.0 Å². The van der Waals surface area contributed by atoms with Crippen LogP contribution in [0.4, 0.5) is 5.82 Å². The first kappa shape index (κ1) is 24.4. The molecule has 0 radical (unpaired) electrons. The highest BCUT2D eigenvalue weighted by Gasteiger charge is 2.22. The summed E-state index contributed by atoms with van der Waals surface area (Å²) in [6, 6.07) is 19.5. The topological polar surface area (TPSA) is 116 Å². The van der Waals surface area contributed by atoms with Crippen LogP contribution in [-0.4, -0.2) is 46.1 Å². The van der Waals surface area contributed by atoms with Gasteiger partial charge in [-0.1, -0.05) is 60.3 Å². The van der Waals surface area contributed by atoms with E-state index in [9.17, 15) is 14.4 Å². The lowest BCUT2D eigenvalue weighted by Gasteiger charge is -2.17. The summed E-state index contributed by atoms with van der Waals surface area (Å²) in [7, 11) is 1.29. The third-order valence-electron chi connectivity index (χ3n) is 4.49. The highest BCUT2D eigenvalue weighted by Crippen LogP contribution is 2.22. The number of amides is 1. The van der Waals surface area contributed by atoms with E-state index in [0.29, 0.717) is 11.5 Å². The van der Waals surface area contributed by atoms with Crippen LogP contribution in [0.1, 0.15) is 5.56 Å². The van der Waals surface area contributed by atoms with Gasteiger partial charge in [0.15, 0.2) is 5.16 Å². The molecule has 0 aliphatic heterocycles. The standard InChI is InChI=1S/C23H24N4O4S2/c1-31-22(30)18(14-32-13-16-8-4-2-5-9-16)25-21(29)15-33-23-26-20(28)12-19(24)27(23)17-10-6-3-7-11-17/h2-12,18H,13-15,24H2,1H3,(H,25,29)/t18-/m1/s1. The monoisotopic (exact) mass is 484 g/mol. The van der Waals surface area contributed by atoms with E-state index in [1.165, 1.54) is 24.9 Å². The molecule has 172 valence electrons. The van der Waals surface area contributed by atoms with Gasteiger partial charge in [-0.05, 0) is 17.7 Å². The van der Waals surface area contributed by atoms with E-state index in [-0.39, 0.29) is 22.6 Å². The van der Waals surface area contributed by atoms with Crippen molar-refractivity contribution in [2.45, 2.75) is 17.0 Å². The van der Waals surface area contributed by atoms with Crippen LogP contribution in [0.5, 0.6) is 0 Å². The van der Waals surface area contributed by atoms with Gasteiger partial charge in [0, 0.05) is 23.3 Å². The van der Waals surface area contributed by atoms with Crippen molar-refractivity contribution in [3.05, 3.63) is 82.6 Å². The van der Waals surface area contributed by atoms with Crippen LogP contribution in [-0.2, 0) is 20.1 Å². The molecule has 2 aromatic carbocycles. The first-order valence-corrected chi connectivity index (χ1v) is 12.2. The molecule has 0 spiro atoms. The van der Waals surface area contributed by atoms with Crippen LogP contribution in [0.2, 0.25) is 0 Å². The van der Waals surface area contributed by atoms with Gasteiger partial charge >= 0.3 is 5.97 Å². The van der Waals surface area contributed by atoms with Gasteiger partial charge in [0.25, 0.3) is 5.56 Å². The number of nitrogen functional groups attached to an aromatic ring is 1. The molecular formula is C23H24N4O4S2. The molecule has 0 unspecified atom stereocenters. The molecule has 0 aliphatic carbocycles. The maximum absolute atomic E-state index is 12.6. The second kappa shape index (κ2) is 12.1. The maximum atomic E-state index is 12.6. The zero-order valence-electron chi connectivity index (χ0n) is 18.0. The minimum Gasteiger partial charge on any atom is -0.467 e. The number of methoxy groups -OCH3 is 1. The Hall–Kier alpha value is -3.24. The molecule has 10 heteroatoms. The summed E-state index contributed by atoms with van der Waals surface area (Å²) in [6.07, 6.45) is 0. The molecule has 1 heterocycles. The average Bonchev–Trinajstić information content (AvgIpc) is 2.82. The van der Waals surface area contributed by atoms with E-state index in [2.05, 4.69) is 10.3 Å². The number of benzene rings is 2. The molecule has 1 aromatic heterocycles. The number of nitrogens with zero attached hydrogens (tertiary/aromatic N) is 2. The number of esters is 1. The Morgan fingerprint density at radius 3 is 2.45 bits per heavy atom. The second-order valence-electron chi connectivity index (χ2n) is 6.91. The molecule has 33 heavy (non-hydrogen) atoms. The maximum Gasteiger partial charge on any atom is 0.329 e. The lowest BCUT2D eigenvalue weighted by molar-refractivity contribution is -0.144. The van der Waals surface area contributed by atoms with Crippen molar-refractivity contribution in [1.82, 2.24) is 14.9 Å². The van der Waals surface area contributed by atoms with Crippen LogP contribution < -0.4 is 16.6 Å². The summed E-state index contributed by atoms with van der Waals surface area (Å²) in [5, 5.41) is 3.00. The lowest BCUT2D eigenvalue weighted by atomic mass is 10.2. The number of carbonyl (C=O) groups is 2. The van der Waals surface area contributed by atoms with Gasteiger partial charge in [0.05, 0.1) is 12.9 Å². The fourth-order valence-corrected chi connectivity index (χ4v) is 4.80. The number of ether oxygens (including phenoxy) is 1. The molecule has 0 saturated carbocycles. The molecule has 3 N–H and O–H groups in total. The van der Waals surface area contributed by atoms with E-state index >= 15 is 0 Å². The van der Waals surface area contributed by atoms with Crippen LogP contribution in [0.25, 0.3) is 5.69 Å². The summed E-state index contributed by atoms with van der Waals surface area (Å²) < 4.78 is 6.44. The fourth-order valence-electron chi connectivity index (χ4n) is 2.96. The number of rotatable bonds is 10. The van der Waals surface area contributed by atoms with Gasteiger partial charge < -0.3 is 15.8 Å². The van der Waals surface area contributed by atoms with Crippen LogP contribution >= 0.6 is 23.5 Å². The minimum absolute atomic E-state index is 0.0560. The van der Waals surface area contributed by atoms with Gasteiger partial charge in [-0.15, -0.1) is 0 Å². The molecule has 1 amide bonds. The van der Waals surface area contributed by atoms with Gasteiger partial charge in [-0.2, -0.15) is 16.7 Å². The molecule has 0 bridgehead atoms. The molecule has 8 nitrogen and oxygen atoms in total. The SMILES string of the molecule is COC(=O)[C@@H](CSCc1ccccc1)NC(=O)CSc1nc(=O)cc(N)n1-c1ccccc1. The van der Waals surface area contributed by atoms with Crippen molar-refractivity contribution < 1.29 is 14.3 Å². The van der Waals surface area contributed by atoms with E-state index in [1.54, 1.807) is 4.57 Å². The number of thioether (sulfide) groups is 2. The highest BCUT2D eigenvalue weighted by molar-refractivity contribution is 7.99.